The molecule has 6 heteroatoms. The lowest BCUT2D eigenvalue weighted by Gasteiger charge is -2.36. The van der Waals surface area contributed by atoms with Gasteiger partial charge in [-0.1, -0.05) is 11.6 Å². The highest BCUT2D eigenvalue weighted by Gasteiger charge is 2.30. The summed E-state index contributed by atoms with van der Waals surface area (Å²) in [6, 6.07) is 4.63. The van der Waals surface area contributed by atoms with Crippen LogP contribution >= 0.6 is 11.6 Å². The van der Waals surface area contributed by atoms with Crippen molar-refractivity contribution in [2.45, 2.75) is 6.04 Å². The molecule has 1 atom stereocenters. The molecule has 0 bridgehead atoms. The Morgan fingerprint density at radius 1 is 1.58 bits per heavy atom. The zero-order valence-electron chi connectivity index (χ0n) is 10.6. The van der Waals surface area contributed by atoms with Crippen molar-refractivity contribution in [3.63, 3.8) is 0 Å². The maximum absolute atomic E-state index is 11.9. The third kappa shape index (κ3) is 2.88. The maximum atomic E-state index is 11.9. The second-order valence-corrected chi connectivity index (χ2v) is 4.66. The van der Waals surface area contributed by atoms with Crippen molar-refractivity contribution < 1.29 is 14.3 Å². The summed E-state index contributed by atoms with van der Waals surface area (Å²) in [5, 5.41) is 3.10. The van der Waals surface area contributed by atoms with Gasteiger partial charge in [-0.25, -0.2) is 0 Å². The smallest absolute Gasteiger partial charge is 0.244 e. The summed E-state index contributed by atoms with van der Waals surface area (Å²) in [7, 11) is 1.58. The van der Waals surface area contributed by atoms with Crippen LogP contribution < -0.4 is 10.2 Å². The van der Waals surface area contributed by atoms with Gasteiger partial charge in [0.2, 0.25) is 5.91 Å². The number of carbonyl (C=O) groups excluding carboxylic acids is 2. The van der Waals surface area contributed by atoms with Gasteiger partial charge in [-0.05, 0) is 18.2 Å². The van der Waals surface area contributed by atoms with Crippen LogP contribution in [0.1, 0.15) is 10.4 Å². The highest BCUT2D eigenvalue weighted by atomic mass is 35.5. The monoisotopic (exact) mass is 282 g/mol. The number of nitrogens with one attached hydrogen (secondary N) is 1. The van der Waals surface area contributed by atoms with Gasteiger partial charge in [0.25, 0.3) is 0 Å². The normalized spacial score (nSPS) is 19.1. The van der Waals surface area contributed by atoms with Crippen LogP contribution in [0.25, 0.3) is 0 Å². The van der Waals surface area contributed by atoms with E-state index in [0.29, 0.717) is 36.0 Å². The van der Waals surface area contributed by atoms with Gasteiger partial charge in [0, 0.05) is 29.9 Å². The minimum Gasteiger partial charge on any atom is -0.377 e. The number of hydrogen-bond donors (Lipinski definition) is 1. The summed E-state index contributed by atoms with van der Waals surface area (Å²) >= 11 is 5.88. The lowest BCUT2D eigenvalue weighted by atomic mass is 10.1. The van der Waals surface area contributed by atoms with Crippen LogP contribution in [0.15, 0.2) is 18.2 Å². The molecule has 1 aliphatic rings. The Hall–Kier alpha value is -1.59. The standard InChI is InChI=1S/C13H15ClN2O3/c1-15-13(18)12-8-19-5-4-16(12)11-3-2-10(14)6-9(11)7-17/h2-3,6-7,12H,4-5,8H2,1H3,(H,15,18). The van der Waals surface area contributed by atoms with Gasteiger partial charge in [0.05, 0.1) is 13.2 Å². The number of aldehydes is 1. The molecule has 1 heterocycles. The minimum atomic E-state index is -0.432. The predicted molar refractivity (Wildman–Crippen MR) is 72.9 cm³/mol. The Balaban J connectivity index is 2.37. The number of amides is 1. The molecule has 0 spiro atoms. The summed E-state index contributed by atoms with van der Waals surface area (Å²) in [6.07, 6.45) is 0.748. The second-order valence-electron chi connectivity index (χ2n) is 4.22. The fourth-order valence-corrected chi connectivity index (χ4v) is 2.34. The van der Waals surface area contributed by atoms with Gasteiger partial charge >= 0.3 is 0 Å². The lowest BCUT2D eigenvalue weighted by molar-refractivity contribution is -0.124. The van der Waals surface area contributed by atoms with Gasteiger partial charge in [-0.2, -0.15) is 0 Å². The minimum absolute atomic E-state index is 0.133. The van der Waals surface area contributed by atoms with Crippen LogP contribution in [0, 0.1) is 0 Å². The topological polar surface area (TPSA) is 58.6 Å². The number of hydrogen-bond acceptors (Lipinski definition) is 4. The van der Waals surface area contributed by atoms with Gasteiger partial charge < -0.3 is 15.0 Å². The number of halogens is 1. The largest absolute Gasteiger partial charge is 0.377 e. The van der Waals surface area contributed by atoms with Crippen molar-refractivity contribution in [1.29, 1.82) is 0 Å². The highest BCUT2D eigenvalue weighted by Crippen LogP contribution is 2.26. The molecule has 0 aromatic heterocycles. The number of nitrogens with zero attached hydrogens (tertiary/aromatic N) is 1. The van der Waals surface area contributed by atoms with E-state index >= 15 is 0 Å². The van der Waals surface area contributed by atoms with Crippen LogP contribution in [0.2, 0.25) is 5.02 Å². The van der Waals surface area contributed by atoms with Crippen LogP contribution in [0.4, 0.5) is 5.69 Å². The zero-order chi connectivity index (χ0) is 13.8. The fourth-order valence-electron chi connectivity index (χ4n) is 2.16. The Morgan fingerprint density at radius 3 is 3.05 bits per heavy atom. The first kappa shape index (κ1) is 13.8. The van der Waals surface area contributed by atoms with Gasteiger partial charge in [0.15, 0.2) is 6.29 Å². The average molecular weight is 283 g/mol. The quantitative estimate of drug-likeness (QED) is 0.844. The van der Waals surface area contributed by atoms with Crippen molar-refractivity contribution in [3.8, 4) is 0 Å². The molecule has 2 rings (SSSR count). The van der Waals surface area contributed by atoms with E-state index in [4.69, 9.17) is 16.3 Å². The van der Waals surface area contributed by atoms with E-state index in [1.807, 2.05) is 4.90 Å². The Kier molecular flexibility index (Phi) is 4.39. The van der Waals surface area contributed by atoms with E-state index in [1.165, 1.54) is 0 Å². The van der Waals surface area contributed by atoms with E-state index in [1.54, 1.807) is 25.2 Å². The van der Waals surface area contributed by atoms with Gasteiger partial charge in [-0.15, -0.1) is 0 Å². The molecular formula is C13H15ClN2O3. The molecule has 0 saturated carbocycles. The highest BCUT2D eigenvalue weighted by molar-refractivity contribution is 6.31. The lowest BCUT2D eigenvalue weighted by Crippen LogP contribution is -2.53. The molecule has 1 fully saturated rings. The van der Waals surface area contributed by atoms with Crippen molar-refractivity contribution >= 4 is 29.5 Å². The Bertz CT molecular complexity index is 493. The molecule has 1 N–H and O–H groups in total. The summed E-state index contributed by atoms with van der Waals surface area (Å²) in [5.74, 6) is -0.133. The number of morpholine rings is 1. The first-order valence-electron chi connectivity index (χ1n) is 5.98. The van der Waals surface area contributed by atoms with Crippen molar-refractivity contribution in [2.75, 3.05) is 31.7 Å². The van der Waals surface area contributed by atoms with Gasteiger partial charge in [0.1, 0.15) is 6.04 Å². The first-order valence-corrected chi connectivity index (χ1v) is 6.36. The van der Waals surface area contributed by atoms with E-state index in [9.17, 15) is 9.59 Å². The van der Waals surface area contributed by atoms with Crippen LogP contribution in [-0.2, 0) is 9.53 Å². The molecule has 1 unspecified atom stereocenters. The number of rotatable bonds is 3. The molecule has 1 aromatic carbocycles. The van der Waals surface area contributed by atoms with Crippen molar-refractivity contribution in [3.05, 3.63) is 28.8 Å². The second kappa shape index (κ2) is 6.04. The molecule has 102 valence electrons. The molecule has 1 saturated heterocycles. The van der Waals surface area contributed by atoms with E-state index in [2.05, 4.69) is 5.32 Å². The summed E-state index contributed by atoms with van der Waals surface area (Å²) in [5.41, 5.74) is 1.18. The third-order valence-corrected chi connectivity index (χ3v) is 3.34. The molecule has 1 aromatic rings. The van der Waals surface area contributed by atoms with Crippen LogP contribution in [-0.4, -0.2) is 45.0 Å². The molecule has 1 amide bonds. The summed E-state index contributed by atoms with van der Waals surface area (Å²) in [6.45, 7) is 1.38. The SMILES string of the molecule is CNC(=O)C1COCCN1c1ccc(Cl)cc1C=O. The van der Waals surface area contributed by atoms with E-state index in [-0.39, 0.29) is 5.91 Å². The Labute approximate surface area is 116 Å². The molecule has 1 aliphatic heterocycles. The number of carbonyl (C=O) groups is 2. The van der Waals surface area contributed by atoms with Crippen LogP contribution in [0.3, 0.4) is 0 Å². The predicted octanol–water partition coefficient (Wildman–Crippen LogP) is 1.10. The number of likely N-dealkylation sites (N-methyl/N-ethyl adjacent to an activating group) is 1. The van der Waals surface area contributed by atoms with Crippen molar-refractivity contribution in [1.82, 2.24) is 5.32 Å². The summed E-state index contributed by atoms with van der Waals surface area (Å²) in [4.78, 5) is 24.9. The average Bonchev–Trinajstić information content (AvgIpc) is 2.46. The van der Waals surface area contributed by atoms with E-state index < -0.39 is 6.04 Å². The molecule has 0 radical (unpaired) electrons. The van der Waals surface area contributed by atoms with Crippen molar-refractivity contribution in [2.24, 2.45) is 0 Å². The fraction of sp³-hybridized carbons (Fsp3) is 0.385. The number of ether oxygens (including phenoxy) is 1. The Morgan fingerprint density at radius 2 is 2.37 bits per heavy atom. The van der Waals surface area contributed by atoms with E-state index in [0.717, 1.165) is 6.29 Å². The maximum Gasteiger partial charge on any atom is 0.244 e. The molecular weight excluding hydrogens is 268 g/mol. The van der Waals surface area contributed by atoms with Gasteiger partial charge in [-0.3, -0.25) is 9.59 Å². The zero-order valence-corrected chi connectivity index (χ0v) is 11.3. The third-order valence-electron chi connectivity index (χ3n) is 3.10. The molecule has 5 nitrogen and oxygen atoms in total. The first-order chi connectivity index (χ1) is 9.17. The number of benzene rings is 1. The summed E-state index contributed by atoms with van der Waals surface area (Å²) < 4.78 is 5.34. The van der Waals surface area contributed by atoms with Crippen LogP contribution in [0.5, 0.6) is 0 Å². The molecule has 19 heavy (non-hydrogen) atoms. The molecule has 0 aliphatic carbocycles. The number of anilines is 1.